The van der Waals surface area contributed by atoms with Gasteiger partial charge in [0.15, 0.2) is 0 Å². The fourth-order valence-corrected chi connectivity index (χ4v) is 11.4. The molecule has 0 saturated carbocycles. The van der Waals surface area contributed by atoms with Crippen LogP contribution in [0.4, 0.5) is 17.1 Å². The summed E-state index contributed by atoms with van der Waals surface area (Å²) in [5, 5.41) is 9.28. The molecule has 0 aliphatic heterocycles. The van der Waals surface area contributed by atoms with Crippen LogP contribution in [-0.4, -0.2) is 0 Å². The molecule has 0 amide bonds. The summed E-state index contributed by atoms with van der Waals surface area (Å²) in [6.45, 7) is 0. The van der Waals surface area contributed by atoms with Crippen LogP contribution in [0.2, 0.25) is 0 Å². The molecular formula is C61H37NO. The average Bonchev–Trinajstić information content (AvgIpc) is 3.98. The van der Waals surface area contributed by atoms with Crippen molar-refractivity contribution < 1.29 is 4.42 Å². The summed E-state index contributed by atoms with van der Waals surface area (Å²) in [4.78, 5) is 2.41. The predicted octanol–water partition coefficient (Wildman–Crippen LogP) is 16.5. The van der Waals surface area contributed by atoms with Crippen LogP contribution in [0.15, 0.2) is 229 Å². The molecule has 12 aromatic rings. The maximum Gasteiger partial charge on any atom is 0.143 e. The van der Waals surface area contributed by atoms with Gasteiger partial charge in [0, 0.05) is 22.1 Å². The number of hydrogen-bond acceptors (Lipinski definition) is 2. The van der Waals surface area contributed by atoms with Crippen molar-refractivity contribution >= 4 is 71.3 Å². The van der Waals surface area contributed by atoms with Gasteiger partial charge in [-0.3, -0.25) is 0 Å². The van der Waals surface area contributed by atoms with Gasteiger partial charge in [0.2, 0.25) is 0 Å². The lowest BCUT2D eigenvalue weighted by atomic mass is 9.70. The van der Waals surface area contributed by atoms with E-state index in [4.69, 9.17) is 4.42 Å². The third-order valence-electron chi connectivity index (χ3n) is 14.0. The molecule has 0 radical (unpaired) electrons. The van der Waals surface area contributed by atoms with Crippen LogP contribution in [0.3, 0.4) is 0 Å². The van der Waals surface area contributed by atoms with E-state index in [1.165, 1.54) is 82.6 Å². The van der Waals surface area contributed by atoms with Crippen LogP contribution < -0.4 is 4.90 Å². The summed E-state index contributed by atoms with van der Waals surface area (Å²) >= 11 is 0. The zero-order chi connectivity index (χ0) is 41.2. The maximum atomic E-state index is 6.98. The molecule has 2 nitrogen and oxygen atoms in total. The topological polar surface area (TPSA) is 16.4 Å². The Morgan fingerprint density at radius 2 is 0.857 bits per heavy atom. The van der Waals surface area contributed by atoms with Crippen LogP contribution >= 0.6 is 0 Å². The second-order valence-electron chi connectivity index (χ2n) is 17.1. The molecule has 1 heterocycles. The number of furan rings is 1. The first-order valence-corrected chi connectivity index (χ1v) is 21.8. The van der Waals surface area contributed by atoms with Crippen LogP contribution in [0.25, 0.3) is 87.6 Å². The molecular weight excluding hydrogens is 763 g/mol. The van der Waals surface area contributed by atoms with E-state index in [2.05, 4.69) is 229 Å². The fourth-order valence-electron chi connectivity index (χ4n) is 11.4. The van der Waals surface area contributed by atoms with E-state index < -0.39 is 0 Å². The monoisotopic (exact) mass is 799 g/mol. The van der Waals surface area contributed by atoms with E-state index in [0.29, 0.717) is 0 Å². The van der Waals surface area contributed by atoms with Crippen molar-refractivity contribution in [1.29, 1.82) is 0 Å². The minimum Gasteiger partial charge on any atom is -0.455 e. The lowest BCUT2D eigenvalue weighted by Crippen LogP contribution is -2.25. The van der Waals surface area contributed by atoms with Gasteiger partial charge in [-0.1, -0.05) is 176 Å². The Hall–Kier alpha value is -8.20. The average molecular weight is 800 g/mol. The largest absolute Gasteiger partial charge is 0.455 e. The van der Waals surface area contributed by atoms with Gasteiger partial charge in [-0.05, 0) is 131 Å². The Balaban J connectivity index is 1.02. The molecule has 1 spiro atoms. The standard InChI is InChI=1S/C61H37NO/c1-3-16-40-34-43(31-28-38(40)14-1)62(44-32-29-39-15-2-4-17-41(39)35-44)57-26-13-27-58-59(57)52-37-50(45-18-5-6-22-49(45)60(52)63-58)42-30-33-56-51(36-42)48-21-9-12-25-55(48)61(56)53-23-10-7-19-46(53)47-20-8-11-24-54(47)61/h1-37H. The van der Waals surface area contributed by atoms with Crippen molar-refractivity contribution in [1.82, 2.24) is 0 Å². The number of hydrogen-bond donors (Lipinski definition) is 0. The van der Waals surface area contributed by atoms with Gasteiger partial charge in [-0.2, -0.15) is 0 Å². The minimum atomic E-state index is -0.381. The summed E-state index contributed by atoms with van der Waals surface area (Å²) in [5.74, 6) is 0. The van der Waals surface area contributed by atoms with Crippen LogP contribution in [0, 0.1) is 0 Å². The van der Waals surface area contributed by atoms with Crippen molar-refractivity contribution in [2.75, 3.05) is 4.90 Å². The van der Waals surface area contributed by atoms with Crippen molar-refractivity contribution in [3.8, 4) is 33.4 Å². The number of anilines is 3. The zero-order valence-electron chi connectivity index (χ0n) is 34.2. The van der Waals surface area contributed by atoms with Crippen molar-refractivity contribution in [2.24, 2.45) is 0 Å². The molecule has 1 aromatic heterocycles. The van der Waals surface area contributed by atoms with E-state index >= 15 is 0 Å². The van der Waals surface area contributed by atoms with Crippen molar-refractivity contribution in [2.45, 2.75) is 5.41 Å². The zero-order valence-corrected chi connectivity index (χ0v) is 34.2. The Labute approximate surface area is 364 Å². The normalized spacial score (nSPS) is 13.2. The van der Waals surface area contributed by atoms with Gasteiger partial charge in [0.1, 0.15) is 11.2 Å². The molecule has 14 rings (SSSR count). The van der Waals surface area contributed by atoms with Crippen LogP contribution in [-0.2, 0) is 5.41 Å². The second kappa shape index (κ2) is 12.9. The lowest BCUT2D eigenvalue weighted by Gasteiger charge is -2.30. The SMILES string of the molecule is c1ccc2c(c1)-c1ccccc1C21c2ccccc2-c2cc(-c3cc4c(oc5cccc(N(c6ccc7ccccc7c6)c6ccc7ccccc7c6)c54)c4ccccc34)ccc21. The van der Waals surface area contributed by atoms with Gasteiger partial charge < -0.3 is 9.32 Å². The molecule has 2 aliphatic carbocycles. The summed E-state index contributed by atoms with van der Waals surface area (Å²) in [7, 11) is 0. The van der Waals surface area contributed by atoms with E-state index in [0.717, 1.165) is 44.4 Å². The first-order chi connectivity index (χ1) is 31.2. The van der Waals surface area contributed by atoms with Gasteiger partial charge in [-0.25, -0.2) is 0 Å². The highest BCUT2D eigenvalue weighted by Gasteiger charge is 2.51. The number of fused-ring (bicyclic) bond motifs is 17. The van der Waals surface area contributed by atoms with Gasteiger partial charge in [0.25, 0.3) is 0 Å². The summed E-state index contributed by atoms with van der Waals surface area (Å²) < 4.78 is 6.98. The van der Waals surface area contributed by atoms with Gasteiger partial charge >= 0.3 is 0 Å². The predicted molar refractivity (Wildman–Crippen MR) is 263 cm³/mol. The third kappa shape index (κ3) is 4.72. The number of rotatable bonds is 4. The highest BCUT2D eigenvalue weighted by atomic mass is 16.3. The van der Waals surface area contributed by atoms with E-state index in [1.807, 2.05) is 0 Å². The number of nitrogens with zero attached hydrogens (tertiary/aromatic N) is 1. The lowest BCUT2D eigenvalue weighted by molar-refractivity contribution is 0.672. The Morgan fingerprint density at radius 3 is 1.49 bits per heavy atom. The van der Waals surface area contributed by atoms with E-state index in [9.17, 15) is 0 Å². The molecule has 0 unspecified atom stereocenters. The van der Waals surface area contributed by atoms with Crippen molar-refractivity contribution in [3.63, 3.8) is 0 Å². The Kier molecular flexibility index (Phi) is 7.07. The molecule has 292 valence electrons. The molecule has 0 bridgehead atoms. The highest BCUT2D eigenvalue weighted by Crippen LogP contribution is 2.63. The van der Waals surface area contributed by atoms with Crippen LogP contribution in [0.5, 0.6) is 0 Å². The fraction of sp³-hybridized carbons (Fsp3) is 0.0164. The highest BCUT2D eigenvalue weighted by molar-refractivity contribution is 6.23. The molecule has 11 aromatic carbocycles. The molecule has 0 fully saturated rings. The first-order valence-electron chi connectivity index (χ1n) is 21.8. The summed E-state index contributed by atoms with van der Waals surface area (Å²) in [5.41, 5.74) is 17.6. The van der Waals surface area contributed by atoms with E-state index in [-0.39, 0.29) is 5.41 Å². The Bertz CT molecular complexity index is 3760. The minimum absolute atomic E-state index is 0.381. The molecule has 0 atom stereocenters. The van der Waals surface area contributed by atoms with Crippen LogP contribution in [0.1, 0.15) is 22.3 Å². The summed E-state index contributed by atoms with van der Waals surface area (Å²) in [6, 6.07) is 82.8. The summed E-state index contributed by atoms with van der Waals surface area (Å²) in [6.07, 6.45) is 0. The van der Waals surface area contributed by atoms with Gasteiger partial charge in [-0.15, -0.1) is 0 Å². The van der Waals surface area contributed by atoms with E-state index in [1.54, 1.807) is 0 Å². The quantitative estimate of drug-likeness (QED) is 0.176. The molecule has 0 N–H and O–H groups in total. The molecule has 63 heavy (non-hydrogen) atoms. The molecule has 2 aliphatic rings. The number of benzene rings is 11. The smallest absolute Gasteiger partial charge is 0.143 e. The Morgan fingerprint density at radius 1 is 0.333 bits per heavy atom. The third-order valence-corrected chi connectivity index (χ3v) is 14.0. The molecule has 0 saturated heterocycles. The van der Waals surface area contributed by atoms with Gasteiger partial charge in [0.05, 0.1) is 16.5 Å². The maximum absolute atomic E-state index is 6.98. The second-order valence-corrected chi connectivity index (χ2v) is 17.1. The van der Waals surface area contributed by atoms with Crippen molar-refractivity contribution in [3.05, 3.63) is 247 Å². The first kappa shape index (κ1) is 34.5. The molecule has 2 heteroatoms.